The van der Waals surface area contributed by atoms with Gasteiger partial charge in [0.2, 0.25) is 5.91 Å². The average molecular weight is 226 g/mol. The van der Waals surface area contributed by atoms with Gasteiger partial charge in [-0.1, -0.05) is 6.92 Å². The molecule has 1 heterocycles. The fraction of sp³-hybridized carbons (Fsp3) is 0.545. The van der Waals surface area contributed by atoms with Crippen LogP contribution in [0.15, 0.2) is 10.8 Å². The summed E-state index contributed by atoms with van der Waals surface area (Å²) in [5, 5.41) is 10.2. The molecule has 1 aromatic rings. The number of hydrogen-bond acceptors (Lipinski definition) is 3. The molecule has 2 N–H and O–H groups in total. The van der Waals surface area contributed by atoms with Gasteiger partial charge in [0.25, 0.3) is 0 Å². The van der Waals surface area contributed by atoms with Crippen LogP contribution >= 0.6 is 11.3 Å². The summed E-state index contributed by atoms with van der Waals surface area (Å²) in [5.41, 5.74) is 2.48. The molecular formula is C11H18N2OS. The molecule has 0 aromatic carbocycles. The summed E-state index contributed by atoms with van der Waals surface area (Å²) in [4.78, 5) is 11.4. The monoisotopic (exact) mass is 226 g/mol. The zero-order chi connectivity index (χ0) is 11.1. The minimum Gasteiger partial charge on any atom is -0.352 e. The molecule has 0 saturated carbocycles. The zero-order valence-electron chi connectivity index (χ0n) is 9.30. The van der Waals surface area contributed by atoms with Crippen molar-refractivity contribution in [3.63, 3.8) is 0 Å². The van der Waals surface area contributed by atoms with Crippen LogP contribution in [-0.2, 0) is 11.3 Å². The number of carbonyl (C=O) groups is 1. The number of amides is 1. The molecule has 0 aliphatic heterocycles. The summed E-state index contributed by atoms with van der Waals surface area (Å²) in [7, 11) is 0. The summed E-state index contributed by atoms with van der Waals surface area (Å²) in [6, 6.07) is 0. The van der Waals surface area contributed by atoms with Crippen molar-refractivity contribution in [2.75, 3.05) is 13.1 Å². The molecular weight excluding hydrogens is 208 g/mol. The molecule has 1 amide bonds. The van der Waals surface area contributed by atoms with Crippen LogP contribution in [-0.4, -0.2) is 19.0 Å². The minimum atomic E-state index is 0.113. The van der Waals surface area contributed by atoms with E-state index < -0.39 is 0 Å². The number of thiophene rings is 1. The maximum Gasteiger partial charge on any atom is 0.221 e. The molecule has 1 rings (SSSR count). The molecule has 0 aliphatic rings. The Balaban J connectivity index is 2.20. The van der Waals surface area contributed by atoms with Crippen molar-refractivity contribution in [2.45, 2.75) is 26.8 Å². The Hall–Kier alpha value is -0.870. The first-order chi connectivity index (χ1) is 7.24. The van der Waals surface area contributed by atoms with Gasteiger partial charge in [-0.3, -0.25) is 4.79 Å². The van der Waals surface area contributed by atoms with Crippen molar-refractivity contribution >= 4 is 17.2 Å². The van der Waals surface area contributed by atoms with Crippen LogP contribution < -0.4 is 10.6 Å². The predicted octanol–water partition coefficient (Wildman–Crippen LogP) is 1.67. The Labute approximate surface area is 94.9 Å². The molecule has 0 fully saturated rings. The van der Waals surface area contributed by atoms with Crippen molar-refractivity contribution < 1.29 is 4.79 Å². The van der Waals surface area contributed by atoms with Gasteiger partial charge in [-0.15, -0.1) is 0 Å². The maximum absolute atomic E-state index is 11.4. The third-order valence-corrected chi connectivity index (χ3v) is 3.13. The first-order valence-electron chi connectivity index (χ1n) is 5.23. The molecule has 0 aliphatic carbocycles. The second kappa shape index (κ2) is 6.58. The zero-order valence-corrected chi connectivity index (χ0v) is 10.1. The van der Waals surface area contributed by atoms with Gasteiger partial charge in [0, 0.05) is 19.5 Å². The van der Waals surface area contributed by atoms with E-state index in [1.54, 1.807) is 11.3 Å². The Kier molecular flexibility index (Phi) is 5.36. The lowest BCUT2D eigenvalue weighted by Crippen LogP contribution is -2.27. The lowest BCUT2D eigenvalue weighted by molar-refractivity contribution is -0.121. The highest BCUT2D eigenvalue weighted by atomic mass is 32.1. The minimum absolute atomic E-state index is 0.113. The van der Waals surface area contributed by atoms with E-state index in [0.29, 0.717) is 13.0 Å². The summed E-state index contributed by atoms with van der Waals surface area (Å²) < 4.78 is 0. The second-order valence-electron chi connectivity index (χ2n) is 3.46. The highest BCUT2D eigenvalue weighted by Gasteiger charge is 2.02. The number of rotatable bonds is 6. The van der Waals surface area contributed by atoms with E-state index >= 15 is 0 Å². The summed E-state index contributed by atoms with van der Waals surface area (Å²) in [6.07, 6.45) is 0.553. The van der Waals surface area contributed by atoms with Gasteiger partial charge in [-0.2, -0.15) is 11.3 Å². The van der Waals surface area contributed by atoms with Crippen molar-refractivity contribution in [1.29, 1.82) is 0 Å². The number of nitrogens with one attached hydrogen (secondary N) is 2. The van der Waals surface area contributed by atoms with Gasteiger partial charge in [-0.25, -0.2) is 0 Å². The maximum atomic E-state index is 11.4. The van der Waals surface area contributed by atoms with Crippen molar-refractivity contribution in [3.05, 3.63) is 21.9 Å². The van der Waals surface area contributed by atoms with Crippen LogP contribution in [0.5, 0.6) is 0 Å². The fourth-order valence-corrected chi connectivity index (χ4v) is 2.09. The second-order valence-corrected chi connectivity index (χ2v) is 4.20. The van der Waals surface area contributed by atoms with Gasteiger partial charge in [0.15, 0.2) is 0 Å². The van der Waals surface area contributed by atoms with E-state index in [0.717, 1.165) is 13.1 Å². The average Bonchev–Trinajstić information content (AvgIpc) is 2.61. The molecule has 4 heteroatoms. The third-order valence-electron chi connectivity index (χ3n) is 2.22. The largest absolute Gasteiger partial charge is 0.352 e. The van der Waals surface area contributed by atoms with Gasteiger partial charge in [-0.05, 0) is 35.4 Å². The Bertz CT molecular complexity index is 309. The third kappa shape index (κ3) is 4.44. The van der Waals surface area contributed by atoms with Gasteiger partial charge in [0.05, 0.1) is 0 Å². The summed E-state index contributed by atoms with van der Waals surface area (Å²) in [5.74, 6) is 0.113. The van der Waals surface area contributed by atoms with E-state index in [4.69, 9.17) is 0 Å². The molecule has 0 radical (unpaired) electrons. The van der Waals surface area contributed by atoms with Crippen LogP contribution in [0.4, 0.5) is 0 Å². The van der Waals surface area contributed by atoms with Crippen molar-refractivity contribution in [1.82, 2.24) is 10.6 Å². The topological polar surface area (TPSA) is 41.1 Å². The standard InChI is InChI=1S/C11H18N2OS/c1-3-12-5-4-11(14)13-6-10-8-15-7-9(10)2/h7-8,12H,3-6H2,1-2H3,(H,13,14). The molecule has 15 heavy (non-hydrogen) atoms. The van der Waals surface area contributed by atoms with E-state index in [9.17, 15) is 4.79 Å². The van der Waals surface area contributed by atoms with Crippen LogP contribution in [0, 0.1) is 6.92 Å². The molecule has 0 unspecified atom stereocenters. The van der Waals surface area contributed by atoms with E-state index in [2.05, 4.69) is 28.3 Å². The predicted molar refractivity (Wildman–Crippen MR) is 64.1 cm³/mol. The van der Waals surface area contributed by atoms with Gasteiger partial charge >= 0.3 is 0 Å². The van der Waals surface area contributed by atoms with Crippen LogP contribution in [0.2, 0.25) is 0 Å². The molecule has 0 bridgehead atoms. The normalized spacial score (nSPS) is 10.3. The summed E-state index contributed by atoms with van der Waals surface area (Å²) >= 11 is 1.68. The van der Waals surface area contributed by atoms with Crippen molar-refractivity contribution in [3.8, 4) is 0 Å². The Morgan fingerprint density at radius 3 is 2.87 bits per heavy atom. The molecule has 84 valence electrons. The SMILES string of the molecule is CCNCCC(=O)NCc1cscc1C. The Morgan fingerprint density at radius 1 is 1.47 bits per heavy atom. The van der Waals surface area contributed by atoms with E-state index in [-0.39, 0.29) is 5.91 Å². The van der Waals surface area contributed by atoms with Crippen LogP contribution in [0.3, 0.4) is 0 Å². The summed E-state index contributed by atoms with van der Waals surface area (Å²) in [6.45, 7) is 6.42. The van der Waals surface area contributed by atoms with Gasteiger partial charge < -0.3 is 10.6 Å². The molecule has 0 spiro atoms. The number of aryl methyl sites for hydroxylation is 1. The van der Waals surface area contributed by atoms with Gasteiger partial charge in [0.1, 0.15) is 0 Å². The lowest BCUT2D eigenvalue weighted by Gasteiger charge is -2.05. The molecule has 1 aromatic heterocycles. The molecule has 0 saturated heterocycles. The Morgan fingerprint density at radius 2 is 2.27 bits per heavy atom. The van der Waals surface area contributed by atoms with Crippen LogP contribution in [0.25, 0.3) is 0 Å². The van der Waals surface area contributed by atoms with E-state index in [1.807, 2.05) is 6.92 Å². The first kappa shape index (κ1) is 12.2. The fourth-order valence-electron chi connectivity index (χ4n) is 1.23. The quantitative estimate of drug-likeness (QED) is 0.725. The van der Waals surface area contributed by atoms with Crippen LogP contribution in [0.1, 0.15) is 24.5 Å². The number of carbonyl (C=O) groups excluding carboxylic acids is 1. The highest BCUT2D eigenvalue weighted by Crippen LogP contribution is 2.12. The lowest BCUT2D eigenvalue weighted by atomic mass is 10.2. The molecule has 0 atom stereocenters. The van der Waals surface area contributed by atoms with Crippen molar-refractivity contribution in [2.24, 2.45) is 0 Å². The van der Waals surface area contributed by atoms with E-state index in [1.165, 1.54) is 11.1 Å². The molecule has 3 nitrogen and oxygen atoms in total. The first-order valence-corrected chi connectivity index (χ1v) is 6.17. The highest BCUT2D eigenvalue weighted by molar-refractivity contribution is 7.08. The number of hydrogen-bond donors (Lipinski definition) is 2. The smallest absolute Gasteiger partial charge is 0.221 e.